The summed E-state index contributed by atoms with van der Waals surface area (Å²) in [6.07, 6.45) is 6.17. The molecule has 2 aliphatic rings. The van der Waals surface area contributed by atoms with Crippen molar-refractivity contribution < 1.29 is 19.5 Å². The average molecular weight is 274 g/mol. The van der Waals surface area contributed by atoms with Crippen LogP contribution < -0.4 is 4.90 Å². The zero-order valence-electron chi connectivity index (χ0n) is 10.8. The van der Waals surface area contributed by atoms with Crippen molar-refractivity contribution in [3.63, 3.8) is 0 Å². The van der Waals surface area contributed by atoms with Crippen molar-refractivity contribution in [1.82, 2.24) is 4.98 Å². The van der Waals surface area contributed by atoms with Gasteiger partial charge in [-0.2, -0.15) is 0 Å². The molecule has 1 spiro atoms. The number of aromatic nitrogens is 1. The Bertz CT molecular complexity index is 605. The second-order valence-electron chi connectivity index (χ2n) is 5.44. The number of amides is 2. The molecule has 0 aromatic carbocycles. The van der Waals surface area contributed by atoms with Gasteiger partial charge in [0.25, 0.3) is 0 Å². The molecule has 2 amide bonds. The molecule has 2 fully saturated rings. The maximum Gasteiger partial charge on any atom is 0.337 e. The summed E-state index contributed by atoms with van der Waals surface area (Å²) in [5, 5.41) is 8.96. The minimum absolute atomic E-state index is 0.0320. The Morgan fingerprint density at radius 2 is 1.95 bits per heavy atom. The number of aromatic carboxylic acids is 1. The second-order valence-corrected chi connectivity index (χ2v) is 5.44. The zero-order chi connectivity index (χ0) is 14.3. The van der Waals surface area contributed by atoms with E-state index in [1.54, 1.807) is 0 Å². The summed E-state index contributed by atoms with van der Waals surface area (Å²) in [6, 6.07) is 1.32. The summed E-state index contributed by atoms with van der Waals surface area (Å²) in [4.78, 5) is 40.6. The molecule has 1 aliphatic carbocycles. The van der Waals surface area contributed by atoms with Crippen LogP contribution in [0.5, 0.6) is 0 Å². The molecule has 6 heteroatoms. The quantitative estimate of drug-likeness (QED) is 0.828. The van der Waals surface area contributed by atoms with Crippen LogP contribution in [-0.4, -0.2) is 27.9 Å². The van der Waals surface area contributed by atoms with Crippen LogP contribution >= 0.6 is 0 Å². The van der Waals surface area contributed by atoms with Crippen LogP contribution in [0.1, 0.15) is 42.5 Å². The summed E-state index contributed by atoms with van der Waals surface area (Å²) in [7, 11) is 0. The lowest BCUT2D eigenvalue weighted by Gasteiger charge is -2.20. The lowest BCUT2D eigenvalue weighted by Crippen LogP contribution is -2.34. The number of carbonyl (C=O) groups is 3. The summed E-state index contributed by atoms with van der Waals surface area (Å²) in [5.41, 5.74) is -0.338. The Morgan fingerprint density at radius 3 is 2.60 bits per heavy atom. The molecule has 1 saturated carbocycles. The summed E-state index contributed by atoms with van der Waals surface area (Å²) < 4.78 is 0. The number of pyridine rings is 1. The number of rotatable bonds is 2. The first-order valence-corrected chi connectivity index (χ1v) is 6.59. The minimum atomic E-state index is -1.13. The van der Waals surface area contributed by atoms with E-state index in [9.17, 15) is 14.4 Å². The third kappa shape index (κ3) is 1.79. The molecule has 0 bridgehead atoms. The molecule has 20 heavy (non-hydrogen) atoms. The van der Waals surface area contributed by atoms with Gasteiger partial charge in [-0.05, 0) is 18.9 Å². The third-order valence-electron chi connectivity index (χ3n) is 4.19. The Morgan fingerprint density at radius 1 is 1.25 bits per heavy atom. The Labute approximate surface area is 115 Å². The first-order valence-electron chi connectivity index (χ1n) is 6.59. The summed E-state index contributed by atoms with van der Waals surface area (Å²) in [6.45, 7) is 0. The zero-order valence-corrected chi connectivity index (χ0v) is 10.8. The van der Waals surface area contributed by atoms with E-state index in [1.807, 2.05) is 0 Å². The van der Waals surface area contributed by atoms with E-state index in [0.29, 0.717) is 0 Å². The SMILES string of the molecule is O=C(O)c1cncc(N2C(=O)CC3(CCCC3)C2=O)c1. The van der Waals surface area contributed by atoms with E-state index in [1.165, 1.54) is 18.5 Å². The molecule has 104 valence electrons. The largest absolute Gasteiger partial charge is 0.478 e. The molecule has 1 aliphatic heterocycles. The predicted molar refractivity (Wildman–Crippen MR) is 69.2 cm³/mol. The van der Waals surface area contributed by atoms with Crippen molar-refractivity contribution in [2.24, 2.45) is 5.41 Å². The van der Waals surface area contributed by atoms with Crippen molar-refractivity contribution in [3.05, 3.63) is 24.0 Å². The normalized spacial score (nSPS) is 20.9. The number of anilines is 1. The molecular formula is C14H14N2O4. The standard InChI is InChI=1S/C14H14N2O4/c17-11-6-14(3-1-2-4-14)13(20)16(11)10-5-9(12(18)19)7-15-8-10/h5,7-8H,1-4,6H2,(H,18,19). The van der Waals surface area contributed by atoms with Gasteiger partial charge in [-0.1, -0.05) is 12.8 Å². The van der Waals surface area contributed by atoms with E-state index in [0.717, 1.165) is 30.6 Å². The number of carboxylic acids is 1. The van der Waals surface area contributed by atoms with Crippen molar-refractivity contribution in [2.75, 3.05) is 4.90 Å². The topological polar surface area (TPSA) is 87.6 Å². The molecule has 3 rings (SSSR count). The molecule has 2 heterocycles. The lowest BCUT2D eigenvalue weighted by atomic mass is 9.84. The molecule has 1 aromatic heterocycles. The van der Waals surface area contributed by atoms with Crippen LogP contribution in [0.4, 0.5) is 5.69 Å². The number of imide groups is 1. The third-order valence-corrected chi connectivity index (χ3v) is 4.19. The fraction of sp³-hybridized carbons (Fsp3) is 0.429. The van der Waals surface area contributed by atoms with Gasteiger partial charge in [-0.3, -0.25) is 14.6 Å². The highest BCUT2D eigenvalue weighted by Crippen LogP contribution is 2.47. The smallest absolute Gasteiger partial charge is 0.337 e. The van der Waals surface area contributed by atoms with Crippen LogP contribution in [0.15, 0.2) is 18.5 Å². The van der Waals surface area contributed by atoms with Gasteiger partial charge in [0.15, 0.2) is 0 Å². The first kappa shape index (κ1) is 12.8. The van der Waals surface area contributed by atoms with Gasteiger partial charge in [0.1, 0.15) is 0 Å². The van der Waals surface area contributed by atoms with Gasteiger partial charge in [0.05, 0.1) is 22.9 Å². The molecule has 1 N–H and O–H groups in total. The highest BCUT2D eigenvalue weighted by molar-refractivity contribution is 6.22. The van der Waals surface area contributed by atoms with E-state index in [2.05, 4.69) is 4.98 Å². The monoisotopic (exact) mass is 274 g/mol. The van der Waals surface area contributed by atoms with Gasteiger partial charge >= 0.3 is 5.97 Å². The van der Waals surface area contributed by atoms with Gasteiger partial charge in [-0.15, -0.1) is 0 Å². The van der Waals surface area contributed by atoms with Crippen molar-refractivity contribution in [2.45, 2.75) is 32.1 Å². The van der Waals surface area contributed by atoms with E-state index in [4.69, 9.17) is 5.11 Å². The van der Waals surface area contributed by atoms with Crippen LogP contribution in [-0.2, 0) is 9.59 Å². The van der Waals surface area contributed by atoms with E-state index >= 15 is 0 Å². The lowest BCUT2D eigenvalue weighted by molar-refractivity contribution is -0.125. The molecule has 1 aromatic rings. The highest BCUT2D eigenvalue weighted by atomic mass is 16.4. The fourth-order valence-corrected chi connectivity index (χ4v) is 3.17. The average Bonchev–Trinajstić information content (AvgIpc) is 2.97. The predicted octanol–water partition coefficient (Wildman–Crippen LogP) is 1.60. The highest BCUT2D eigenvalue weighted by Gasteiger charge is 2.53. The molecule has 0 unspecified atom stereocenters. The maximum absolute atomic E-state index is 12.6. The van der Waals surface area contributed by atoms with E-state index < -0.39 is 11.4 Å². The number of carbonyl (C=O) groups excluding carboxylic acids is 2. The van der Waals surface area contributed by atoms with Crippen LogP contribution in [0.3, 0.4) is 0 Å². The molecular weight excluding hydrogens is 260 g/mol. The van der Waals surface area contributed by atoms with Gasteiger partial charge < -0.3 is 5.11 Å². The van der Waals surface area contributed by atoms with Crippen LogP contribution in [0.25, 0.3) is 0 Å². The van der Waals surface area contributed by atoms with Crippen molar-refractivity contribution in [1.29, 1.82) is 0 Å². The minimum Gasteiger partial charge on any atom is -0.478 e. The van der Waals surface area contributed by atoms with Crippen LogP contribution in [0.2, 0.25) is 0 Å². The summed E-state index contributed by atoms with van der Waals surface area (Å²) in [5.74, 6) is -1.60. The second kappa shape index (κ2) is 4.40. The number of carboxylic acid groups (broad SMARTS) is 1. The maximum atomic E-state index is 12.6. The van der Waals surface area contributed by atoms with Gasteiger partial charge in [0, 0.05) is 12.6 Å². The number of nitrogens with zero attached hydrogens (tertiary/aromatic N) is 2. The molecule has 6 nitrogen and oxygen atoms in total. The van der Waals surface area contributed by atoms with Gasteiger partial charge in [-0.25, -0.2) is 9.69 Å². The number of hydrogen-bond donors (Lipinski definition) is 1. The molecule has 0 atom stereocenters. The molecule has 0 radical (unpaired) electrons. The first-order chi connectivity index (χ1) is 9.53. The summed E-state index contributed by atoms with van der Waals surface area (Å²) >= 11 is 0. The number of hydrogen-bond acceptors (Lipinski definition) is 4. The van der Waals surface area contributed by atoms with Gasteiger partial charge in [0.2, 0.25) is 11.8 Å². The Kier molecular flexibility index (Phi) is 2.81. The van der Waals surface area contributed by atoms with E-state index in [-0.39, 0.29) is 29.5 Å². The molecule has 1 saturated heterocycles. The Hall–Kier alpha value is -2.24. The fourth-order valence-electron chi connectivity index (χ4n) is 3.17. The van der Waals surface area contributed by atoms with Crippen molar-refractivity contribution >= 4 is 23.5 Å². The van der Waals surface area contributed by atoms with Crippen molar-refractivity contribution in [3.8, 4) is 0 Å². The van der Waals surface area contributed by atoms with Crippen LogP contribution in [0, 0.1) is 5.41 Å². The Balaban J connectivity index is 1.98.